The number of rotatable bonds is 4. The van der Waals surface area contributed by atoms with Crippen LogP contribution in [0.4, 0.5) is 13.2 Å². The first-order valence-corrected chi connectivity index (χ1v) is 5.83. The molecule has 1 aromatic rings. The largest absolute Gasteiger partial charge is 0.468 e. The summed E-state index contributed by atoms with van der Waals surface area (Å²) in [7, 11) is 1.14. The molecule has 0 fully saturated rings. The summed E-state index contributed by atoms with van der Waals surface area (Å²) >= 11 is 0. The molecule has 1 amide bonds. The summed E-state index contributed by atoms with van der Waals surface area (Å²) in [5, 5.41) is 0. The summed E-state index contributed by atoms with van der Waals surface area (Å²) in [6.45, 7) is 1.27. The summed E-state index contributed by atoms with van der Waals surface area (Å²) in [5.41, 5.74) is -1.50. The van der Waals surface area contributed by atoms with Gasteiger partial charge in [0, 0.05) is 6.54 Å². The Morgan fingerprint density at radius 3 is 2.35 bits per heavy atom. The molecule has 20 heavy (non-hydrogen) atoms. The van der Waals surface area contributed by atoms with Crippen LogP contribution in [0.1, 0.15) is 22.8 Å². The zero-order valence-corrected chi connectivity index (χ0v) is 11.0. The van der Waals surface area contributed by atoms with Gasteiger partial charge < -0.3 is 9.64 Å². The van der Waals surface area contributed by atoms with Crippen molar-refractivity contribution in [3.05, 3.63) is 35.4 Å². The maximum atomic E-state index is 12.8. The number of alkyl halides is 3. The fourth-order valence-electron chi connectivity index (χ4n) is 1.63. The van der Waals surface area contributed by atoms with Crippen LogP contribution in [0, 0.1) is 0 Å². The predicted octanol–water partition coefficient (Wildman–Crippen LogP) is 2.34. The quantitative estimate of drug-likeness (QED) is 0.799. The van der Waals surface area contributed by atoms with E-state index in [9.17, 15) is 22.8 Å². The molecule has 110 valence electrons. The van der Waals surface area contributed by atoms with Crippen LogP contribution in [0.3, 0.4) is 0 Å². The molecule has 0 spiro atoms. The van der Waals surface area contributed by atoms with Gasteiger partial charge in [-0.1, -0.05) is 12.1 Å². The Bertz CT molecular complexity index is 500. The van der Waals surface area contributed by atoms with E-state index < -0.39 is 35.7 Å². The van der Waals surface area contributed by atoms with Crippen molar-refractivity contribution in [2.75, 3.05) is 20.2 Å². The molecule has 7 heteroatoms. The van der Waals surface area contributed by atoms with Gasteiger partial charge in [0.15, 0.2) is 0 Å². The van der Waals surface area contributed by atoms with Crippen molar-refractivity contribution in [1.29, 1.82) is 0 Å². The maximum Gasteiger partial charge on any atom is 0.417 e. The van der Waals surface area contributed by atoms with Gasteiger partial charge in [0.1, 0.15) is 6.54 Å². The molecule has 0 saturated heterocycles. The van der Waals surface area contributed by atoms with E-state index in [1.165, 1.54) is 12.1 Å². The maximum absolute atomic E-state index is 12.8. The number of hydrogen-bond donors (Lipinski definition) is 0. The van der Waals surface area contributed by atoms with Gasteiger partial charge in [-0.25, -0.2) is 0 Å². The molecule has 0 heterocycles. The second kappa shape index (κ2) is 6.40. The summed E-state index contributed by atoms with van der Waals surface area (Å²) < 4.78 is 42.9. The molecule has 1 rings (SSSR count). The van der Waals surface area contributed by atoms with Crippen LogP contribution in [0.15, 0.2) is 24.3 Å². The Kier molecular flexibility index (Phi) is 5.12. The van der Waals surface area contributed by atoms with Crippen molar-refractivity contribution in [3.63, 3.8) is 0 Å². The van der Waals surface area contributed by atoms with Crippen molar-refractivity contribution in [3.8, 4) is 0 Å². The Labute approximate surface area is 114 Å². The van der Waals surface area contributed by atoms with E-state index in [1.54, 1.807) is 6.92 Å². The minimum Gasteiger partial charge on any atom is -0.468 e. The van der Waals surface area contributed by atoms with Crippen molar-refractivity contribution >= 4 is 11.9 Å². The molecular formula is C13H14F3NO3. The number of benzene rings is 1. The number of hydrogen-bond acceptors (Lipinski definition) is 3. The number of nitrogens with zero attached hydrogens (tertiary/aromatic N) is 1. The average Bonchev–Trinajstić information content (AvgIpc) is 2.42. The van der Waals surface area contributed by atoms with Crippen molar-refractivity contribution in [2.45, 2.75) is 13.1 Å². The summed E-state index contributed by atoms with van der Waals surface area (Å²) in [6.07, 6.45) is -4.63. The van der Waals surface area contributed by atoms with Crippen molar-refractivity contribution in [2.24, 2.45) is 0 Å². The zero-order chi connectivity index (χ0) is 15.3. The third kappa shape index (κ3) is 3.72. The van der Waals surface area contributed by atoms with Crippen LogP contribution in [0.5, 0.6) is 0 Å². The highest BCUT2D eigenvalue weighted by molar-refractivity contribution is 5.97. The molecule has 0 atom stereocenters. The lowest BCUT2D eigenvalue weighted by molar-refractivity contribution is -0.141. The molecule has 4 nitrogen and oxygen atoms in total. The van der Waals surface area contributed by atoms with Crippen LogP contribution in [-0.2, 0) is 15.7 Å². The fraction of sp³-hybridized carbons (Fsp3) is 0.385. The summed E-state index contributed by atoms with van der Waals surface area (Å²) in [4.78, 5) is 24.3. The first kappa shape index (κ1) is 16.0. The normalized spacial score (nSPS) is 11.1. The number of methoxy groups -OCH3 is 1. The Hall–Kier alpha value is -2.05. The summed E-state index contributed by atoms with van der Waals surface area (Å²) in [6, 6.07) is 4.47. The van der Waals surface area contributed by atoms with Crippen LogP contribution in [0.25, 0.3) is 0 Å². The number of amides is 1. The van der Waals surface area contributed by atoms with E-state index in [0.29, 0.717) is 0 Å². The fourth-order valence-corrected chi connectivity index (χ4v) is 1.63. The second-order valence-electron chi connectivity index (χ2n) is 3.94. The predicted molar refractivity (Wildman–Crippen MR) is 65.0 cm³/mol. The highest BCUT2D eigenvalue weighted by atomic mass is 19.4. The van der Waals surface area contributed by atoms with E-state index >= 15 is 0 Å². The molecule has 0 aliphatic heterocycles. The first-order chi connectivity index (χ1) is 9.31. The van der Waals surface area contributed by atoms with Crippen LogP contribution in [0.2, 0.25) is 0 Å². The lowest BCUT2D eigenvalue weighted by atomic mass is 10.1. The monoisotopic (exact) mass is 289 g/mol. The summed E-state index contributed by atoms with van der Waals surface area (Å²) in [5.74, 6) is -1.55. The van der Waals surface area contributed by atoms with Gasteiger partial charge in [0.25, 0.3) is 5.91 Å². The van der Waals surface area contributed by atoms with Gasteiger partial charge in [0.2, 0.25) is 0 Å². The van der Waals surface area contributed by atoms with E-state index in [-0.39, 0.29) is 6.54 Å². The van der Waals surface area contributed by atoms with Crippen molar-refractivity contribution < 1.29 is 27.5 Å². The molecule has 0 radical (unpaired) electrons. The Balaban J connectivity index is 3.10. The number of halogens is 3. The molecule has 0 aliphatic rings. The van der Waals surface area contributed by atoms with Crippen LogP contribution >= 0.6 is 0 Å². The van der Waals surface area contributed by atoms with Gasteiger partial charge >= 0.3 is 12.1 Å². The number of esters is 1. The molecule has 0 unspecified atom stereocenters. The van der Waals surface area contributed by atoms with Gasteiger partial charge in [-0.3, -0.25) is 9.59 Å². The minimum atomic E-state index is -4.63. The van der Waals surface area contributed by atoms with E-state index in [4.69, 9.17) is 0 Å². The van der Waals surface area contributed by atoms with Gasteiger partial charge in [-0.05, 0) is 19.1 Å². The van der Waals surface area contributed by atoms with Crippen LogP contribution < -0.4 is 0 Å². The molecule has 0 N–H and O–H groups in total. The standard InChI is InChI=1S/C13H14F3NO3/c1-3-17(8-11(18)20-2)12(19)9-6-4-5-7-10(9)13(14,15)16/h4-7H,3,8H2,1-2H3. The SMILES string of the molecule is CCN(CC(=O)OC)C(=O)c1ccccc1C(F)(F)F. The van der Waals surface area contributed by atoms with Crippen molar-refractivity contribution in [1.82, 2.24) is 4.90 Å². The molecular weight excluding hydrogens is 275 g/mol. The Morgan fingerprint density at radius 1 is 1.25 bits per heavy atom. The van der Waals surface area contributed by atoms with Gasteiger partial charge in [-0.15, -0.1) is 0 Å². The van der Waals surface area contributed by atoms with Gasteiger partial charge in [-0.2, -0.15) is 13.2 Å². The highest BCUT2D eigenvalue weighted by Crippen LogP contribution is 2.32. The highest BCUT2D eigenvalue weighted by Gasteiger charge is 2.35. The second-order valence-corrected chi connectivity index (χ2v) is 3.94. The van der Waals surface area contributed by atoms with E-state index in [1.807, 2.05) is 0 Å². The molecule has 0 saturated carbocycles. The smallest absolute Gasteiger partial charge is 0.417 e. The zero-order valence-electron chi connectivity index (χ0n) is 11.0. The lowest BCUT2D eigenvalue weighted by Crippen LogP contribution is -2.37. The van der Waals surface area contributed by atoms with Gasteiger partial charge in [0.05, 0.1) is 18.2 Å². The lowest BCUT2D eigenvalue weighted by Gasteiger charge is -2.21. The van der Waals surface area contributed by atoms with E-state index in [0.717, 1.165) is 24.1 Å². The first-order valence-electron chi connectivity index (χ1n) is 5.83. The third-order valence-electron chi connectivity index (χ3n) is 2.68. The number of likely N-dealkylation sites (N-methyl/N-ethyl adjacent to an activating group) is 1. The molecule has 1 aromatic carbocycles. The number of ether oxygens (including phenoxy) is 1. The molecule has 0 aliphatic carbocycles. The Morgan fingerprint density at radius 2 is 1.85 bits per heavy atom. The average molecular weight is 289 g/mol. The minimum absolute atomic E-state index is 0.0973. The topological polar surface area (TPSA) is 46.6 Å². The number of carbonyl (C=O) groups excluding carboxylic acids is 2. The van der Waals surface area contributed by atoms with Crippen LogP contribution in [-0.4, -0.2) is 37.0 Å². The van der Waals surface area contributed by atoms with E-state index in [2.05, 4.69) is 4.74 Å². The molecule has 0 bridgehead atoms. The molecule has 0 aromatic heterocycles. The number of carbonyl (C=O) groups is 2. The third-order valence-corrected chi connectivity index (χ3v) is 2.68.